The monoisotopic (exact) mass is 496 g/mol. The van der Waals surface area contributed by atoms with Crippen LogP contribution >= 0.6 is 15.9 Å². The minimum Gasteiger partial charge on any atom is -0.348 e. The molecule has 1 fully saturated rings. The van der Waals surface area contributed by atoms with E-state index in [4.69, 9.17) is 0 Å². The molecule has 2 aliphatic heterocycles. The molecule has 2 aliphatic rings. The van der Waals surface area contributed by atoms with Crippen LogP contribution in [0.25, 0.3) is 0 Å². The fourth-order valence-electron chi connectivity index (χ4n) is 5.30. The smallest absolute Gasteiger partial charge is 0.238 e. The van der Waals surface area contributed by atoms with Gasteiger partial charge in [0.25, 0.3) is 0 Å². The van der Waals surface area contributed by atoms with Gasteiger partial charge >= 0.3 is 0 Å². The molecule has 0 unspecified atom stereocenters. The number of hydrogen-bond acceptors (Lipinski definition) is 2. The topological polar surface area (TPSA) is 58.2 Å². The summed E-state index contributed by atoms with van der Waals surface area (Å²) in [5.74, 6) is -4.26. The largest absolute Gasteiger partial charge is 0.348 e. The quantitative estimate of drug-likeness (QED) is 0.511. The van der Waals surface area contributed by atoms with Crippen molar-refractivity contribution in [1.82, 2.24) is 5.32 Å². The highest BCUT2D eigenvalue weighted by molar-refractivity contribution is 9.10. The van der Waals surface area contributed by atoms with Gasteiger partial charge in [0, 0.05) is 27.6 Å². The van der Waals surface area contributed by atoms with Gasteiger partial charge in [-0.05, 0) is 41.5 Å². The van der Waals surface area contributed by atoms with Crippen molar-refractivity contribution in [1.29, 1.82) is 0 Å². The lowest BCUT2D eigenvalue weighted by molar-refractivity contribution is -0.135. The Morgan fingerprint density at radius 3 is 2.31 bits per heavy atom. The van der Waals surface area contributed by atoms with E-state index < -0.39 is 40.8 Å². The summed E-state index contributed by atoms with van der Waals surface area (Å²) in [6.45, 7) is 1.61. The van der Waals surface area contributed by atoms with Crippen LogP contribution in [-0.4, -0.2) is 11.8 Å². The zero-order chi connectivity index (χ0) is 22.6. The summed E-state index contributed by atoms with van der Waals surface area (Å²) in [5, 5.41) is 5.89. The molecular formula is C25H19BrF2N2O2. The van der Waals surface area contributed by atoms with E-state index in [1.54, 1.807) is 49.4 Å². The second-order valence-corrected chi connectivity index (χ2v) is 9.18. The summed E-state index contributed by atoms with van der Waals surface area (Å²) in [5.41, 5.74) is 0.113. The fourth-order valence-corrected chi connectivity index (χ4v) is 5.66. The molecular weight excluding hydrogens is 478 g/mol. The normalized spacial score (nSPS) is 26.6. The number of piperidine rings is 1. The zero-order valence-electron chi connectivity index (χ0n) is 17.0. The lowest BCUT2D eigenvalue weighted by Gasteiger charge is -2.49. The Hall–Kier alpha value is -3.06. The van der Waals surface area contributed by atoms with Crippen LogP contribution in [0.3, 0.4) is 0 Å². The molecule has 1 spiro atoms. The Kier molecular flexibility index (Phi) is 4.89. The lowest BCUT2D eigenvalue weighted by Crippen LogP contribution is -2.60. The Morgan fingerprint density at radius 1 is 0.938 bits per heavy atom. The molecule has 4 atom stereocenters. The van der Waals surface area contributed by atoms with Gasteiger partial charge in [0.15, 0.2) is 0 Å². The molecule has 5 rings (SSSR count). The van der Waals surface area contributed by atoms with Gasteiger partial charge in [-0.25, -0.2) is 8.78 Å². The molecule has 2 N–H and O–H groups in total. The molecule has 162 valence electrons. The van der Waals surface area contributed by atoms with Gasteiger partial charge in [-0.15, -0.1) is 0 Å². The minimum absolute atomic E-state index is 0.251. The first-order valence-corrected chi connectivity index (χ1v) is 11.1. The van der Waals surface area contributed by atoms with Crippen molar-refractivity contribution in [2.75, 3.05) is 5.32 Å². The first kappa shape index (κ1) is 20.8. The van der Waals surface area contributed by atoms with Gasteiger partial charge in [0.2, 0.25) is 11.8 Å². The van der Waals surface area contributed by atoms with Crippen molar-refractivity contribution in [2.24, 2.45) is 5.92 Å². The molecule has 0 bridgehead atoms. The Labute approximate surface area is 192 Å². The van der Waals surface area contributed by atoms with Crippen LogP contribution in [-0.2, 0) is 15.0 Å². The third kappa shape index (κ3) is 2.84. The predicted molar refractivity (Wildman–Crippen MR) is 120 cm³/mol. The zero-order valence-corrected chi connectivity index (χ0v) is 18.6. The van der Waals surface area contributed by atoms with Crippen molar-refractivity contribution in [3.05, 3.63) is 99.5 Å². The van der Waals surface area contributed by atoms with E-state index in [1.165, 1.54) is 6.07 Å². The Bertz CT molecular complexity index is 1230. The molecule has 3 aromatic carbocycles. The standard InChI is InChI=1S/C25H19BrF2N2O2/c1-13-21(20-17(27)8-5-9-18(20)28)25(16-12-15(26)10-11-19(16)29-24(25)32)22(30-23(13)31)14-6-3-2-4-7-14/h2-13,21-22H,1H3,(H,29,32)(H,30,31)/t13-,21-,22+,25-/m0/s1. The third-order valence-corrected chi connectivity index (χ3v) is 7.13. The summed E-state index contributed by atoms with van der Waals surface area (Å²) >= 11 is 3.47. The molecule has 2 amide bonds. The van der Waals surface area contributed by atoms with Crippen LogP contribution in [0.5, 0.6) is 0 Å². The molecule has 7 heteroatoms. The highest BCUT2D eigenvalue weighted by atomic mass is 79.9. The summed E-state index contributed by atoms with van der Waals surface area (Å²) in [7, 11) is 0. The van der Waals surface area contributed by atoms with Gasteiger partial charge in [-0.3, -0.25) is 9.59 Å². The van der Waals surface area contributed by atoms with E-state index in [1.807, 2.05) is 6.07 Å². The van der Waals surface area contributed by atoms with Crippen LogP contribution in [0, 0.1) is 17.6 Å². The summed E-state index contributed by atoms with van der Waals surface area (Å²) in [6, 6.07) is 17.2. The van der Waals surface area contributed by atoms with E-state index in [9.17, 15) is 9.59 Å². The highest BCUT2D eigenvalue weighted by Gasteiger charge is 2.64. The van der Waals surface area contributed by atoms with Crippen LogP contribution in [0.1, 0.15) is 35.6 Å². The van der Waals surface area contributed by atoms with Gasteiger partial charge < -0.3 is 10.6 Å². The minimum atomic E-state index is -1.46. The molecule has 0 aromatic heterocycles. The second-order valence-electron chi connectivity index (χ2n) is 8.27. The second kappa shape index (κ2) is 7.52. The third-order valence-electron chi connectivity index (χ3n) is 6.64. The Balaban J connectivity index is 1.89. The van der Waals surface area contributed by atoms with Crippen LogP contribution in [0.4, 0.5) is 14.5 Å². The number of anilines is 1. The van der Waals surface area contributed by atoms with Crippen molar-refractivity contribution in [2.45, 2.75) is 24.3 Å². The highest BCUT2D eigenvalue weighted by Crippen LogP contribution is 2.59. The molecule has 0 saturated carbocycles. The first-order chi connectivity index (χ1) is 15.4. The maximum absolute atomic E-state index is 15.2. The first-order valence-electron chi connectivity index (χ1n) is 10.3. The van der Waals surface area contributed by atoms with Gasteiger partial charge in [-0.2, -0.15) is 0 Å². The van der Waals surface area contributed by atoms with Crippen LogP contribution < -0.4 is 10.6 Å². The van der Waals surface area contributed by atoms with Crippen LogP contribution in [0.2, 0.25) is 0 Å². The molecule has 1 saturated heterocycles. The van der Waals surface area contributed by atoms with E-state index in [0.717, 1.165) is 16.6 Å². The molecule has 4 nitrogen and oxygen atoms in total. The predicted octanol–water partition coefficient (Wildman–Crippen LogP) is 5.21. The summed E-state index contributed by atoms with van der Waals surface area (Å²) < 4.78 is 31.1. The van der Waals surface area contributed by atoms with Crippen molar-refractivity contribution < 1.29 is 18.4 Å². The van der Waals surface area contributed by atoms with Gasteiger partial charge in [0.1, 0.15) is 17.0 Å². The molecule has 0 radical (unpaired) electrons. The number of hydrogen-bond donors (Lipinski definition) is 2. The maximum Gasteiger partial charge on any atom is 0.238 e. The number of amides is 2. The summed E-state index contributed by atoms with van der Waals surface area (Å²) in [6.07, 6.45) is 0. The number of benzene rings is 3. The van der Waals surface area contributed by atoms with Gasteiger partial charge in [0.05, 0.1) is 6.04 Å². The van der Waals surface area contributed by atoms with Crippen molar-refractivity contribution in [3.8, 4) is 0 Å². The molecule has 32 heavy (non-hydrogen) atoms. The number of carbonyl (C=O) groups excluding carboxylic acids is 2. The number of carbonyl (C=O) groups is 2. The summed E-state index contributed by atoms with van der Waals surface area (Å²) in [4.78, 5) is 27.0. The van der Waals surface area contributed by atoms with E-state index >= 15 is 8.78 Å². The average Bonchev–Trinajstić information content (AvgIpc) is 3.05. The maximum atomic E-state index is 15.2. The van der Waals surface area contributed by atoms with Crippen molar-refractivity contribution >= 4 is 33.4 Å². The van der Waals surface area contributed by atoms with E-state index in [-0.39, 0.29) is 11.5 Å². The van der Waals surface area contributed by atoms with Crippen LogP contribution in [0.15, 0.2) is 71.2 Å². The number of halogens is 3. The Morgan fingerprint density at radius 2 is 1.62 bits per heavy atom. The van der Waals surface area contributed by atoms with Gasteiger partial charge in [-0.1, -0.05) is 59.3 Å². The molecule has 2 heterocycles. The number of rotatable bonds is 2. The number of fused-ring (bicyclic) bond motifs is 2. The molecule has 0 aliphatic carbocycles. The van der Waals surface area contributed by atoms with Crippen molar-refractivity contribution in [3.63, 3.8) is 0 Å². The van der Waals surface area contributed by atoms with E-state index in [2.05, 4.69) is 26.6 Å². The SMILES string of the molecule is C[C@@H]1C(=O)N[C@H](c2ccccc2)[C@@]2(C(=O)Nc3ccc(Br)cc32)[C@@H]1c1c(F)cccc1F. The number of nitrogens with one attached hydrogen (secondary N) is 2. The van der Waals surface area contributed by atoms with E-state index in [0.29, 0.717) is 16.8 Å². The fraction of sp³-hybridized carbons (Fsp3) is 0.200. The molecule has 3 aromatic rings. The average molecular weight is 497 g/mol. The lowest BCUT2D eigenvalue weighted by atomic mass is 9.56.